The van der Waals surface area contributed by atoms with Gasteiger partial charge >= 0.3 is 6.18 Å². The second kappa shape index (κ2) is 7.73. The van der Waals surface area contributed by atoms with E-state index in [9.17, 15) is 18.0 Å². The Bertz CT molecular complexity index is 847. The largest absolute Gasteiger partial charge is 0.436 e. The zero-order valence-electron chi connectivity index (χ0n) is 15.8. The molecule has 0 bridgehead atoms. The number of aromatic nitrogens is 2. The number of hydrogen-bond acceptors (Lipinski definition) is 3. The molecule has 0 aliphatic carbocycles. The maximum atomic E-state index is 13.7. The number of carbonyl (C=O) groups is 1. The number of halogens is 3. The number of nitrogens with zero attached hydrogens (tertiary/aromatic N) is 3. The predicted molar refractivity (Wildman–Crippen MR) is 99.4 cm³/mol. The van der Waals surface area contributed by atoms with E-state index in [4.69, 9.17) is 0 Å². The van der Waals surface area contributed by atoms with E-state index in [1.807, 2.05) is 6.07 Å². The molecule has 8 heteroatoms. The van der Waals surface area contributed by atoms with Crippen LogP contribution < -0.4 is 5.32 Å². The van der Waals surface area contributed by atoms with Crippen LogP contribution in [0.5, 0.6) is 0 Å². The van der Waals surface area contributed by atoms with Crippen LogP contribution in [0, 0.1) is 0 Å². The van der Waals surface area contributed by atoms with Crippen molar-refractivity contribution < 1.29 is 18.0 Å². The molecule has 4 rings (SSSR count). The minimum atomic E-state index is -4.67. The van der Waals surface area contributed by atoms with E-state index >= 15 is 0 Å². The first kappa shape index (κ1) is 19.2. The van der Waals surface area contributed by atoms with E-state index < -0.39 is 17.8 Å². The number of nitrogens with one attached hydrogen (secondary N) is 1. The van der Waals surface area contributed by atoms with Gasteiger partial charge in [0.15, 0.2) is 5.69 Å². The molecule has 2 fully saturated rings. The van der Waals surface area contributed by atoms with Crippen LogP contribution in [0.4, 0.5) is 13.2 Å². The molecule has 2 aliphatic heterocycles. The van der Waals surface area contributed by atoms with Crippen molar-refractivity contribution in [2.75, 3.05) is 26.2 Å². The summed E-state index contributed by atoms with van der Waals surface area (Å²) in [7, 11) is 0. The van der Waals surface area contributed by atoms with E-state index in [1.165, 1.54) is 4.52 Å². The van der Waals surface area contributed by atoms with Crippen LogP contribution in [-0.2, 0) is 6.18 Å². The summed E-state index contributed by atoms with van der Waals surface area (Å²) in [6.45, 7) is 2.79. The molecule has 0 unspecified atom stereocenters. The third-order valence-electron chi connectivity index (χ3n) is 5.85. The number of amides is 1. The number of likely N-dealkylation sites (tertiary alicyclic amines) is 1. The van der Waals surface area contributed by atoms with Crippen molar-refractivity contribution in [1.29, 1.82) is 0 Å². The SMILES string of the molecule is O=C(c1c(C(F)(F)F)nn2ccc(C3CCNCC3)cc12)N1CCCCCC1. The van der Waals surface area contributed by atoms with Crippen LogP contribution >= 0.6 is 0 Å². The van der Waals surface area contributed by atoms with Gasteiger partial charge in [0.25, 0.3) is 5.91 Å². The zero-order chi connectivity index (χ0) is 19.7. The van der Waals surface area contributed by atoms with Crippen LogP contribution in [0.3, 0.4) is 0 Å². The fourth-order valence-electron chi connectivity index (χ4n) is 4.31. The van der Waals surface area contributed by atoms with Crippen molar-refractivity contribution in [3.8, 4) is 0 Å². The Labute approximate surface area is 161 Å². The normalized spacial score (nSPS) is 19.8. The minimum Gasteiger partial charge on any atom is -0.339 e. The van der Waals surface area contributed by atoms with Crippen molar-refractivity contribution in [2.45, 2.75) is 50.6 Å². The predicted octanol–water partition coefficient (Wildman–Crippen LogP) is 3.84. The lowest BCUT2D eigenvalue weighted by Gasteiger charge is -2.23. The van der Waals surface area contributed by atoms with E-state index in [2.05, 4.69) is 10.4 Å². The summed E-state index contributed by atoms with van der Waals surface area (Å²) in [6, 6.07) is 3.57. The molecule has 2 aliphatic rings. The summed E-state index contributed by atoms with van der Waals surface area (Å²) in [5.41, 5.74) is -0.139. The van der Waals surface area contributed by atoms with Gasteiger partial charge in [0.05, 0.1) is 11.1 Å². The second-order valence-electron chi connectivity index (χ2n) is 7.74. The first-order valence-corrected chi connectivity index (χ1v) is 10.0. The Hall–Kier alpha value is -2.09. The van der Waals surface area contributed by atoms with E-state index in [-0.39, 0.29) is 17.0 Å². The van der Waals surface area contributed by atoms with Crippen LogP contribution in [0.2, 0.25) is 0 Å². The Kier molecular flexibility index (Phi) is 5.31. The molecule has 1 amide bonds. The highest BCUT2D eigenvalue weighted by Gasteiger charge is 2.41. The second-order valence-corrected chi connectivity index (χ2v) is 7.74. The number of pyridine rings is 1. The lowest BCUT2D eigenvalue weighted by Crippen LogP contribution is -2.33. The van der Waals surface area contributed by atoms with Gasteiger partial charge < -0.3 is 10.2 Å². The fraction of sp³-hybridized carbons (Fsp3) is 0.600. The van der Waals surface area contributed by atoms with Gasteiger partial charge in [0.1, 0.15) is 0 Å². The van der Waals surface area contributed by atoms with Gasteiger partial charge in [0.2, 0.25) is 0 Å². The lowest BCUT2D eigenvalue weighted by atomic mass is 9.90. The van der Waals surface area contributed by atoms with Crippen molar-refractivity contribution in [3.05, 3.63) is 35.2 Å². The third kappa shape index (κ3) is 3.74. The molecule has 0 atom stereocenters. The van der Waals surface area contributed by atoms with Crippen molar-refractivity contribution in [2.24, 2.45) is 0 Å². The summed E-state index contributed by atoms with van der Waals surface area (Å²) in [6.07, 6.45) is 2.42. The van der Waals surface area contributed by atoms with Crippen LogP contribution in [0.15, 0.2) is 18.3 Å². The molecule has 0 saturated carbocycles. The standard InChI is InChI=1S/C20H25F3N4O/c21-20(22,23)18-17(19(28)26-10-3-1-2-4-11-26)16-13-15(7-12-27(16)25-18)14-5-8-24-9-6-14/h7,12-14,24H,1-6,8-11H2. The summed E-state index contributed by atoms with van der Waals surface area (Å²) < 4.78 is 42.3. The molecule has 1 N–H and O–H groups in total. The molecule has 2 aromatic rings. The highest BCUT2D eigenvalue weighted by molar-refractivity contribution is 6.02. The third-order valence-corrected chi connectivity index (χ3v) is 5.85. The number of carbonyl (C=O) groups excluding carboxylic acids is 1. The first-order valence-electron chi connectivity index (χ1n) is 10.0. The van der Waals surface area contributed by atoms with Crippen molar-refractivity contribution in [3.63, 3.8) is 0 Å². The van der Waals surface area contributed by atoms with Gasteiger partial charge in [-0.1, -0.05) is 12.8 Å². The Morgan fingerprint density at radius 3 is 2.43 bits per heavy atom. The molecule has 4 heterocycles. The van der Waals surface area contributed by atoms with Gasteiger partial charge in [-0.25, -0.2) is 4.52 Å². The van der Waals surface area contributed by atoms with Gasteiger partial charge in [-0.15, -0.1) is 0 Å². The van der Waals surface area contributed by atoms with Gasteiger partial charge in [-0.2, -0.15) is 18.3 Å². The molecule has 152 valence electrons. The number of piperidine rings is 1. The summed E-state index contributed by atoms with van der Waals surface area (Å²) >= 11 is 0. The molecular formula is C20H25F3N4O. The van der Waals surface area contributed by atoms with Crippen LogP contribution in [0.1, 0.15) is 66.1 Å². The van der Waals surface area contributed by atoms with E-state index in [0.29, 0.717) is 13.1 Å². The monoisotopic (exact) mass is 394 g/mol. The maximum Gasteiger partial charge on any atom is 0.436 e. The minimum absolute atomic E-state index is 0.262. The Balaban J connectivity index is 1.79. The number of fused-ring (bicyclic) bond motifs is 1. The molecule has 0 aromatic carbocycles. The molecular weight excluding hydrogens is 369 g/mol. The van der Waals surface area contributed by atoms with E-state index in [1.54, 1.807) is 17.2 Å². The highest BCUT2D eigenvalue weighted by Crippen LogP contribution is 2.35. The van der Waals surface area contributed by atoms with Gasteiger partial charge in [-0.3, -0.25) is 4.79 Å². The number of rotatable bonds is 2. The summed E-state index contributed by atoms with van der Waals surface area (Å²) in [5, 5.41) is 7.04. The molecule has 5 nitrogen and oxygen atoms in total. The average Bonchev–Trinajstić information content (AvgIpc) is 2.87. The van der Waals surface area contributed by atoms with Crippen molar-refractivity contribution in [1.82, 2.24) is 19.8 Å². The van der Waals surface area contributed by atoms with Gasteiger partial charge in [-0.05, 0) is 62.4 Å². The highest BCUT2D eigenvalue weighted by atomic mass is 19.4. The van der Waals surface area contributed by atoms with Crippen molar-refractivity contribution >= 4 is 11.4 Å². The quantitative estimate of drug-likeness (QED) is 0.842. The van der Waals surface area contributed by atoms with E-state index in [0.717, 1.165) is 57.2 Å². The Morgan fingerprint density at radius 1 is 1.11 bits per heavy atom. The number of alkyl halides is 3. The topological polar surface area (TPSA) is 49.6 Å². The van der Waals surface area contributed by atoms with Crippen LogP contribution in [0.25, 0.3) is 5.52 Å². The van der Waals surface area contributed by atoms with Crippen LogP contribution in [-0.4, -0.2) is 46.6 Å². The summed E-state index contributed by atoms with van der Waals surface area (Å²) in [5.74, 6) is -0.261. The van der Waals surface area contributed by atoms with Gasteiger partial charge in [0, 0.05) is 19.3 Å². The maximum absolute atomic E-state index is 13.7. The lowest BCUT2D eigenvalue weighted by molar-refractivity contribution is -0.141. The first-order chi connectivity index (χ1) is 13.4. The zero-order valence-corrected chi connectivity index (χ0v) is 15.8. The molecule has 0 spiro atoms. The molecule has 0 radical (unpaired) electrons. The number of hydrogen-bond donors (Lipinski definition) is 1. The summed E-state index contributed by atoms with van der Waals surface area (Å²) in [4.78, 5) is 14.7. The molecule has 2 aromatic heterocycles. The Morgan fingerprint density at radius 2 is 1.79 bits per heavy atom. The molecule has 28 heavy (non-hydrogen) atoms. The molecule has 2 saturated heterocycles. The smallest absolute Gasteiger partial charge is 0.339 e. The fourth-order valence-corrected chi connectivity index (χ4v) is 4.31. The average molecular weight is 394 g/mol.